The minimum Gasteiger partial charge on any atom is -0.299 e. The number of aromatic nitrogens is 1. The molecule has 104 valence electrons. The van der Waals surface area contributed by atoms with Gasteiger partial charge < -0.3 is 0 Å². The van der Waals surface area contributed by atoms with Gasteiger partial charge in [0.2, 0.25) is 0 Å². The molecule has 18 heavy (non-hydrogen) atoms. The van der Waals surface area contributed by atoms with Crippen molar-refractivity contribution in [2.45, 2.75) is 33.2 Å². The van der Waals surface area contributed by atoms with E-state index in [0.29, 0.717) is 6.04 Å². The molecule has 0 saturated carbocycles. The normalized spacial score (nSPS) is 18.9. The molecule has 2 nitrogen and oxygen atoms in total. The minimum atomic E-state index is 0. The molecular formula is C13H21ClI2N2. The maximum Gasteiger partial charge on any atom is 0.0755 e. The molecule has 0 N–H and O–H groups in total. The Hall–Kier alpha value is 0.860. The van der Waals surface area contributed by atoms with Crippen molar-refractivity contribution in [3.05, 3.63) is 26.0 Å². The third kappa shape index (κ3) is 4.18. The number of hydrogen-bond donors (Lipinski definition) is 0. The highest BCUT2D eigenvalue weighted by Gasteiger charge is 2.25. The summed E-state index contributed by atoms with van der Waals surface area (Å²) in [6, 6.07) is 0.502. The summed E-state index contributed by atoms with van der Waals surface area (Å²) < 4.78 is 1.17. The number of aryl methyl sites for hydroxylation is 1. The molecule has 2 heterocycles. The van der Waals surface area contributed by atoms with E-state index in [9.17, 15) is 0 Å². The summed E-state index contributed by atoms with van der Waals surface area (Å²) in [5.41, 5.74) is 2.21. The van der Waals surface area contributed by atoms with E-state index in [0.717, 1.165) is 10.7 Å². The third-order valence-electron chi connectivity index (χ3n) is 3.04. The zero-order valence-corrected chi connectivity index (χ0v) is 15.4. The van der Waals surface area contributed by atoms with Crippen LogP contribution >= 0.6 is 56.8 Å². The maximum absolute atomic E-state index is 6.22. The average Bonchev–Trinajstić information content (AvgIpc) is 2.75. The van der Waals surface area contributed by atoms with Crippen LogP contribution in [0.15, 0.2) is 6.20 Å². The number of halogens is 3. The lowest BCUT2D eigenvalue weighted by Gasteiger charge is -2.21. The van der Waals surface area contributed by atoms with Gasteiger partial charge in [0.1, 0.15) is 0 Å². The van der Waals surface area contributed by atoms with Crippen LogP contribution in [-0.2, 0) is 0 Å². The second kappa shape index (κ2) is 8.92. The number of rotatable bonds is 1. The molecule has 5 heteroatoms. The van der Waals surface area contributed by atoms with Crippen LogP contribution in [0.25, 0.3) is 0 Å². The second-order valence-corrected chi connectivity index (χ2v) is 5.52. The first-order chi connectivity index (χ1) is 8.11. The van der Waals surface area contributed by atoms with E-state index >= 15 is 0 Å². The van der Waals surface area contributed by atoms with Gasteiger partial charge >= 0.3 is 0 Å². The summed E-state index contributed by atoms with van der Waals surface area (Å²) >= 11 is 10.7. The second-order valence-electron chi connectivity index (χ2n) is 4.07. The lowest BCUT2D eigenvalue weighted by atomic mass is 10.1. The van der Waals surface area contributed by atoms with E-state index in [1.807, 2.05) is 18.1 Å². The Labute approximate surface area is 143 Å². The molecule has 0 radical (unpaired) electrons. The van der Waals surface area contributed by atoms with Crippen LogP contribution in [0, 0.1) is 10.5 Å². The molecule has 1 atom stereocenters. The van der Waals surface area contributed by atoms with Crippen molar-refractivity contribution in [1.29, 1.82) is 0 Å². The SMILES string of the molecule is C.CI.Cc1ncc([C@@H]2CCCN2C)c(I)c1Cl. The van der Waals surface area contributed by atoms with Crippen LogP contribution in [0.2, 0.25) is 5.02 Å². The largest absolute Gasteiger partial charge is 0.299 e. The van der Waals surface area contributed by atoms with Crippen molar-refractivity contribution >= 4 is 56.8 Å². The molecule has 1 aliphatic rings. The molecule has 0 amide bonds. The molecule has 2 rings (SSSR count). The van der Waals surface area contributed by atoms with Gasteiger partial charge in [-0.25, -0.2) is 0 Å². The van der Waals surface area contributed by atoms with Crippen molar-refractivity contribution < 1.29 is 0 Å². The number of alkyl halides is 1. The summed E-state index contributed by atoms with van der Waals surface area (Å²) in [5, 5.41) is 0.813. The van der Waals surface area contributed by atoms with Gasteiger partial charge in [0.05, 0.1) is 10.7 Å². The van der Waals surface area contributed by atoms with Crippen molar-refractivity contribution in [2.24, 2.45) is 0 Å². The Morgan fingerprint density at radius 2 is 2.06 bits per heavy atom. The van der Waals surface area contributed by atoms with Crippen LogP contribution in [0.3, 0.4) is 0 Å². The van der Waals surface area contributed by atoms with E-state index in [-0.39, 0.29) is 7.43 Å². The molecule has 1 saturated heterocycles. The van der Waals surface area contributed by atoms with Crippen molar-refractivity contribution in [1.82, 2.24) is 9.88 Å². The summed E-state index contributed by atoms with van der Waals surface area (Å²) in [5.74, 6) is 0. The lowest BCUT2D eigenvalue weighted by Crippen LogP contribution is -2.18. The summed E-state index contributed by atoms with van der Waals surface area (Å²) in [7, 11) is 2.17. The molecule has 0 aliphatic carbocycles. The van der Waals surface area contributed by atoms with Gasteiger partial charge in [-0.05, 0) is 60.9 Å². The van der Waals surface area contributed by atoms with Gasteiger partial charge in [0, 0.05) is 21.4 Å². The van der Waals surface area contributed by atoms with Gasteiger partial charge in [0.25, 0.3) is 0 Å². The van der Waals surface area contributed by atoms with Crippen molar-refractivity contribution in [3.8, 4) is 0 Å². The number of likely N-dealkylation sites (tertiary alicyclic amines) is 1. The zero-order chi connectivity index (χ0) is 13.0. The topological polar surface area (TPSA) is 16.1 Å². The Balaban J connectivity index is 0.000000917. The molecule has 1 aromatic heterocycles. The predicted octanol–water partition coefficient (Wildman–Crippen LogP) is 5.10. The Morgan fingerprint density at radius 3 is 2.56 bits per heavy atom. The average molecular weight is 495 g/mol. The fourth-order valence-corrected chi connectivity index (χ4v) is 3.15. The molecule has 0 bridgehead atoms. The minimum absolute atomic E-state index is 0. The van der Waals surface area contributed by atoms with Crippen LogP contribution in [0.4, 0.5) is 0 Å². The molecule has 0 unspecified atom stereocenters. The highest BCUT2D eigenvalue weighted by Crippen LogP contribution is 2.35. The van der Waals surface area contributed by atoms with Crippen molar-refractivity contribution in [2.75, 3.05) is 18.5 Å². The molecule has 1 aromatic rings. The van der Waals surface area contributed by atoms with Crippen LogP contribution in [0.5, 0.6) is 0 Å². The van der Waals surface area contributed by atoms with Crippen LogP contribution < -0.4 is 0 Å². The van der Waals surface area contributed by atoms with E-state index < -0.39 is 0 Å². The van der Waals surface area contributed by atoms with E-state index in [4.69, 9.17) is 11.6 Å². The molecular weight excluding hydrogens is 473 g/mol. The highest BCUT2D eigenvalue weighted by atomic mass is 127. The van der Waals surface area contributed by atoms with Gasteiger partial charge in [-0.3, -0.25) is 9.88 Å². The van der Waals surface area contributed by atoms with Crippen LogP contribution in [-0.4, -0.2) is 28.4 Å². The lowest BCUT2D eigenvalue weighted by molar-refractivity contribution is 0.316. The van der Waals surface area contributed by atoms with Gasteiger partial charge in [-0.2, -0.15) is 0 Å². The Kier molecular flexibility index (Phi) is 9.34. The summed E-state index contributed by atoms with van der Waals surface area (Å²) in [6.07, 6.45) is 4.46. The van der Waals surface area contributed by atoms with Gasteiger partial charge in [-0.15, -0.1) is 0 Å². The first-order valence-corrected chi connectivity index (χ1v) is 9.11. The molecule has 1 fully saturated rings. The molecule has 0 aromatic carbocycles. The summed E-state index contributed by atoms with van der Waals surface area (Å²) in [4.78, 5) is 8.70. The Bertz CT molecular complexity index is 385. The van der Waals surface area contributed by atoms with E-state index in [1.54, 1.807) is 0 Å². The van der Waals surface area contributed by atoms with E-state index in [2.05, 4.69) is 62.1 Å². The fraction of sp³-hybridized carbons (Fsp3) is 0.615. The number of pyridine rings is 1. The van der Waals surface area contributed by atoms with Gasteiger partial charge in [-0.1, -0.05) is 41.6 Å². The molecule has 0 spiro atoms. The van der Waals surface area contributed by atoms with E-state index in [1.165, 1.54) is 28.5 Å². The van der Waals surface area contributed by atoms with Gasteiger partial charge in [0.15, 0.2) is 0 Å². The maximum atomic E-state index is 6.22. The first-order valence-electron chi connectivity index (χ1n) is 5.49. The number of hydrogen-bond acceptors (Lipinski definition) is 2. The highest BCUT2D eigenvalue weighted by molar-refractivity contribution is 14.1. The standard InChI is InChI=1S/C11H14ClIN2.CH3I.CH4/c1-7-10(12)11(13)8(6-14-7)9-4-3-5-15(9)2;1-2;/h6,9H,3-5H2,1-2H3;1H3;1H4/t9-;;/m0../s1. The smallest absolute Gasteiger partial charge is 0.0755 e. The third-order valence-corrected chi connectivity index (χ3v) is 4.98. The number of nitrogens with zero attached hydrogens (tertiary/aromatic N) is 2. The van der Waals surface area contributed by atoms with Crippen molar-refractivity contribution in [3.63, 3.8) is 0 Å². The quantitative estimate of drug-likeness (QED) is 0.399. The Morgan fingerprint density at radius 1 is 1.44 bits per heavy atom. The first kappa shape index (κ1) is 18.9. The summed E-state index contributed by atoms with van der Waals surface area (Å²) in [6.45, 7) is 3.12. The molecule has 1 aliphatic heterocycles. The fourth-order valence-electron chi connectivity index (χ4n) is 2.10. The predicted molar refractivity (Wildman–Crippen MR) is 98.0 cm³/mol. The zero-order valence-electron chi connectivity index (χ0n) is 10.3. The monoisotopic (exact) mass is 494 g/mol. The van der Waals surface area contributed by atoms with Crippen LogP contribution in [0.1, 0.15) is 37.6 Å².